The fourth-order valence-electron chi connectivity index (χ4n) is 3.45. The molecule has 0 bridgehead atoms. The van der Waals surface area contributed by atoms with Crippen molar-refractivity contribution in [3.8, 4) is 11.6 Å². The maximum absolute atomic E-state index is 12.0. The Morgan fingerprint density at radius 2 is 2.06 bits per heavy atom. The molecule has 0 spiro atoms. The quantitative estimate of drug-likeness (QED) is 0.237. The van der Waals surface area contributed by atoms with Crippen LogP contribution >= 0.6 is 24.0 Å². The monoisotopic (exact) mass is 547 g/mol. The first-order chi connectivity index (χ1) is 15.2. The zero-order valence-electron chi connectivity index (χ0n) is 17.7. The van der Waals surface area contributed by atoms with E-state index in [4.69, 9.17) is 9.52 Å². The zero-order valence-corrected chi connectivity index (χ0v) is 20.1. The average Bonchev–Trinajstić information content (AvgIpc) is 3.27. The molecule has 3 N–H and O–H groups in total. The van der Waals surface area contributed by atoms with Crippen LogP contribution in [-0.2, 0) is 11.2 Å². The fraction of sp³-hybridized carbons (Fsp3) is 0.318. The number of aliphatic imine (C=N–C) groups is 1. The summed E-state index contributed by atoms with van der Waals surface area (Å²) in [6.45, 7) is 3.86. The predicted molar refractivity (Wildman–Crippen MR) is 133 cm³/mol. The van der Waals surface area contributed by atoms with Crippen molar-refractivity contribution in [2.45, 2.75) is 25.7 Å². The van der Waals surface area contributed by atoms with Crippen molar-refractivity contribution in [2.24, 2.45) is 4.99 Å². The Morgan fingerprint density at radius 1 is 1.22 bits per heavy atom. The molecule has 0 aliphatic carbocycles. The number of nitrogens with one attached hydrogen (secondary N) is 3. The van der Waals surface area contributed by atoms with E-state index in [1.165, 1.54) is 0 Å². The van der Waals surface area contributed by atoms with Gasteiger partial charge in [0.2, 0.25) is 5.91 Å². The summed E-state index contributed by atoms with van der Waals surface area (Å²) in [6, 6.07) is 13.4. The summed E-state index contributed by atoms with van der Waals surface area (Å²) in [5.74, 6) is 1.78. The number of aromatic nitrogens is 3. The number of hydrogen-bond donors (Lipinski definition) is 3. The van der Waals surface area contributed by atoms with Crippen LogP contribution in [0, 0.1) is 0 Å². The minimum atomic E-state index is 0. The third-order valence-electron chi connectivity index (χ3n) is 4.91. The molecule has 0 radical (unpaired) electrons. The van der Waals surface area contributed by atoms with Crippen LogP contribution in [0.2, 0.25) is 0 Å². The first-order valence-electron chi connectivity index (χ1n) is 10.4. The molecule has 3 heterocycles. The maximum Gasteiger partial charge on any atom is 0.276 e. The summed E-state index contributed by atoms with van der Waals surface area (Å²) in [6.07, 6.45) is 2.70. The second-order valence-electron chi connectivity index (χ2n) is 7.16. The van der Waals surface area contributed by atoms with Crippen LogP contribution in [-0.4, -0.2) is 46.6 Å². The summed E-state index contributed by atoms with van der Waals surface area (Å²) in [5.41, 5.74) is 2.65. The van der Waals surface area contributed by atoms with Gasteiger partial charge in [-0.2, -0.15) is 4.98 Å². The molecule has 10 heteroatoms. The van der Waals surface area contributed by atoms with Crippen LogP contribution in [0.25, 0.3) is 11.6 Å². The van der Waals surface area contributed by atoms with Crippen molar-refractivity contribution in [2.75, 3.05) is 25.0 Å². The molecule has 1 unspecified atom stereocenters. The lowest BCUT2D eigenvalue weighted by Gasteiger charge is -2.24. The van der Waals surface area contributed by atoms with Crippen molar-refractivity contribution in [3.63, 3.8) is 0 Å². The van der Waals surface area contributed by atoms with E-state index in [1.807, 2.05) is 49.4 Å². The van der Waals surface area contributed by atoms with Gasteiger partial charge in [-0.1, -0.05) is 29.4 Å². The van der Waals surface area contributed by atoms with Crippen LogP contribution < -0.4 is 16.0 Å². The van der Waals surface area contributed by atoms with Gasteiger partial charge in [0.25, 0.3) is 5.89 Å². The molecule has 4 rings (SSSR count). The van der Waals surface area contributed by atoms with Crippen molar-refractivity contribution in [1.82, 2.24) is 25.8 Å². The van der Waals surface area contributed by atoms with E-state index in [9.17, 15) is 4.79 Å². The Bertz CT molecular complexity index is 1060. The van der Waals surface area contributed by atoms with Crippen molar-refractivity contribution in [3.05, 3.63) is 60.0 Å². The van der Waals surface area contributed by atoms with Gasteiger partial charge in [0.05, 0.1) is 6.54 Å². The number of para-hydroxylation sites is 1. The molecule has 0 saturated carbocycles. The van der Waals surface area contributed by atoms with Gasteiger partial charge < -0.3 is 20.5 Å². The molecule has 2 aromatic heterocycles. The number of anilines is 1. The summed E-state index contributed by atoms with van der Waals surface area (Å²) in [7, 11) is 0. The Morgan fingerprint density at radius 3 is 2.88 bits per heavy atom. The van der Waals surface area contributed by atoms with Gasteiger partial charge in [-0.25, -0.2) is 0 Å². The number of halogens is 1. The van der Waals surface area contributed by atoms with Gasteiger partial charge in [0, 0.05) is 43.7 Å². The molecule has 1 aliphatic heterocycles. The van der Waals surface area contributed by atoms with Crippen molar-refractivity contribution >= 4 is 41.5 Å². The van der Waals surface area contributed by atoms with Crippen molar-refractivity contribution < 1.29 is 9.32 Å². The van der Waals surface area contributed by atoms with Crippen molar-refractivity contribution in [1.29, 1.82) is 0 Å². The van der Waals surface area contributed by atoms with Gasteiger partial charge in [-0.15, -0.1) is 24.0 Å². The molecule has 1 aliphatic rings. The zero-order chi connectivity index (χ0) is 21.5. The predicted octanol–water partition coefficient (Wildman–Crippen LogP) is 2.97. The first-order valence-corrected chi connectivity index (χ1v) is 10.4. The van der Waals surface area contributed by atoms with Crippen LogP contribution in [0.15, 0.2) is 58.2 Å². The largest absolute Gasteiger partial charge is 0.357 e. The fourth-order valence-corrected chi connectivity index (χ4v) is 3.45. The van der Waals surface area contributed by atoms with Gasteiger partial charge in [0.1, 0.15) is 5.69 Å². The highest BCUT2D eigenvalue weighted by Crippen LogP contribution is 2.31. The maximum atomic E-state index is 12.0. The number of guanidine groups is 1. The summed E-state index contributed by atoms with van der Waals surface area (Å²) >= 11 is 0. The summed E-state index contributed by atoms with van der Waals surface area (Å²) in [5, 5.41) is 13.5. The lowest BCUT2D eigenvalue weighted by atomic mass is 9.91. The minimum Gasteiger partial charge on any atom is -0.357 e. The average molecular weight is 547 g/mol. The number of fused-ring (bicyclic) bond motifs is 1. The lowest BCUT2D eigenvalue weighted by molar-refractivity contribution is -0.116. The normalized spacial score (nSPS) is 15.3. The molecule has 0 saturated heterocycles. The van der Waals surface area contributed by atoms with Crippen LogP contribution in [0.3, 0.4) is 0 Å². The second-order valence-corrected chi connectivity index (χ2v) is 7.16. The van der Waals surface area contributed by atoms with Gasteiger partial charge >= 0.3 is 0 Å². The van der Waals surface area contributed by atoms with E-state index in [0.717, 1.165) is 17.8 Å². The summed E-state index contributed by atoms with van der Waals surface area (Å²) in [4.78, 5) is 25.3. The van der Waals surface area contributed by atoms with Gasteiger partial charge in [-0.3, -0.25) is 14.8 Å². The van der Waals surface area contributed by atoms with E-state index in [-0.39, 0.29) is 35.8 Å². The highest BCUT2D eigenvalue weighted by molar-refractivity contribution is 14.0. The molecule has 1 atom stereocenters. The van der Waals surface area contributed by atoms with Gasteiger partial charge in [0.15, 0.2) is 11.8 Å². The first kappa shape index (κ1) is 23.6. The van der Waals surface area contributed by atoms with E-state index in [1.54, 1.807) is 6.20 Å². The number of carbonyl (C=O) groups is 1. The lowest BCUT2D eigenvalue weighted by Crippen LogP contribution is -2.39. The topological polar surface area (TPSA) is 117 Å². The number of benzene rings is 1. The number of hydrogen-bond acceptors (Lipinski definition) is 6. The van der Waals surface area contributed by atoms with Gasteiger partial charge in [-0.05, 0) is 30.7 Å². The number of carbonyl (C=O) groups excluding carboxylic acids is 1. The highest BCUT2D eigenvalue weighted by Gasteiger charge is 2.24. The molecule has 1 amide bonds. The Labute approximate surface area is 203 Å². The standard InChI is InChI=1S/C22H25N7O2.HI/c1-2-23-22(26-14-15-13-20(30)27-17-8-4-3-7-16(15)17)25-12-10-19-28-21(31-29-19)18-9-5-6-11-24-18;/h3-9,11,15H,2,10,12-14H2,1H3,(H,27,30)(H2,23,25,26);1H. The molecule has 1 aromatic carbocycles. The Balaban J connectivity index is 0.00000289. The molecule has 0 fully saturated rings. The second kappa shape index (κ2) is 11.6. The highest BCUT2D eigenvalue weighted by atomic mass is 127. The van der Waals surface area contributed by atoms with E-state index in [2.05, 4.69) is 31.1 Å². The smallest absolute Gasteiger partial charge is 0.276 e. The number of pyridine rings is 1. The molecule has 32 heavy (non-hydrogen) atoms. The molecule has 9 nitrogen and oxygen atoms in total. The third-order valence-corrected chi connectivity index (χ3v) is 4.91. The Kier molecular flexibility index (Phi) is 8.54. The molecular formula is C22H26IN7O2. The van der Waals surface area contributed by atoms with Crippen LogP contribution in [0.1, 0.15) is 30.7 Å². The molecule has 168 valence electrons. The third kappa shape index (κ3) is 6.02. The summed E-state index contributed by atoms with van der Waals surface area (Å²) < 4.78 is 5.29. The van der Waals surface area contributed by atoms with Crippen LogP contribution in [0.5, 0.6) is 0 Å². The number of nitrogens with zero attached hydrogens (tertiary/aromatic N) is 4. The molecular weight excluding hydrogens is 521 g/mol. The van der Waals surface area contributed by atoms with Crippen LogP contribution in [0.4, 0.5) is 5.69 Å². The SMILES string of the molecule is CCNC(=NCC1CC(=O)Nc2ccccc21)NCCc1noc(-c2ccccn2)n1.I. The van der Waals surface area contributed by atoms with E-state index in [0.29, 0.717) is 49.3 Å². The number of rotatable bonds is 7. The van der Waals surface area contributed by atoms with E-state index < -0.39 is 0 Å². The van der Waals surface area contributed by atoms with E-state index >= 15 is 0 Å². The minimum absolute atomic E-state index is 0. The molecule has 3 aromatic rings. The number of amides is 1. The Hall–Kier alpha value is -3.02.